The zero-order chi connectivity index (χ0) is 46.9. The number of rotatable bonds is 1. The van der Waals surface area contributed by atoms with Crippen molar-refractivity contribution in [3.63, 3.8) is 0 Å². The van der Waals surface area contributed by atoms with Gasteiger partial charge in [-0.3, -0.25) is 0 Å². The molecule has 68 heavy (non-hydrogen) atoms. The van der Waals surface area contributed by atoms with E-state index in [0.717, 1.165) is 0 Å². The molecule has 2 aliphatic heterocycles. The summed E-state index contributed by atoms with van der Waals surface area (Å²) in [5.41, 5.74) is 22.4. The van der Waals surface area contributed by atoms with E-state index in [4.69, 9.17) is 0 Å². The molecule has 0 saturated heterocycles. The Bertz CT molecular complexity index is 3910. The molecule has 2 aliphatic carbocycles. The second-order valence-electron chi connectivity index (χ2n) is 24.8. The summed E-state index contributed by atoms with van der Waals surface area (Å²) in [5, 5.41) is 6.93. The van der Waals surface area contributed by atoms with Crippen LogP contribution in [-0.2, 0) is 27.1 Å². The minimum atomic E-state index is -0.240. The summed E-state index contributed by atoms with van der Waals surface area (Å²) in [5.74, 6) is 0. The number of fused-ring (bicyclic) bond motifs is 19. The standard InChI is InChI=1S/C63H59BN2S2/c1-59(2,3)34-21-24-36(25-22-34)66-47-33-50-39(37-17-14-16-20-48(37)67-50)30-40(47)52-51-38-18-13-15-19-43(38)63(11,12)54(51)53-41-31-44-45(62(9,10)28-27-61(44,7)8)32-46(41)65-56-42-29-35(60(4,5)6)23-26-49(42)68-58(56)64(66)55(52)57(53)65/h13-26,29-33H,27-28H2,1-12H3. The van der Waals surface area contributed by atoms with Crippen LogP contribution in [0.3, 0.4) is 0 Å². The summed E-state index contributed by atoms with van der Waals surface area (Å²) in [6.07, 6.45) is 2.37. The van der Waals surface area contributed by atoms with E-state index < -0.39 is 0 Å². The predicted octanol–water partition coefficient (Wildman–Crippen LogP) is 16.9. The van der Waals surface area contributed by atoms with Crippen LogP contribution in [0.2, 0.25) is 0 Å². The molecule has 5 heterocycles. The maximum Gasteiger partial charge on any atom is 0.343 e. The van der Waals surface area contributed by atoms with Crippen LogP contribution in [0, 0.1) is 0 Å². The van der Waals surface area contributed by atoms with Crippen molar-refractivity contribution in [2.75, 3.05) is 4.81 Å². The van der Waals surface area contributed by atoms with Crippen LogP contribution in [-0.4, -0.2) is 11.4 Å². The van der Waals surface area contributed by atoms with Crippen LogP contribution in [0.25, 0.3) is 80.0 Å². The largest absolute Gasteiger partial charge is 0.376 e. The highest BCUT2D eigenvalue weighted by atomic mass is 32.1. The molecule has 0 amide bonds. The van der Waals surface area contributed by atoms with Crippen molar-refractivity contribution in [2.24, 2.45) is 0 Å². The molecule has 336 valence electrons. The molecule has 5 heteroatoms. The molecule has 4 aliphatic rings. The Hall–Kier alpha value is -5.62. The third-order valence-electron chi connectivity index (χ3n) is 17.3. The normalized spacial score (nSPS) is 17.3. The van der Waals surface area contributed by atoms with E-state index in [1.807, 2.05) is 22.7 Å². The maximum atomic E-state index is 2.82. The van der Waals surface area contributed by atoms with E-state index in [0.29, 0.717) is 0 Å². The van der Waals surface area contributed by atoms with Gasteiger partial charge in [-0.05, 0) is 145 Å². The van der Waals surface area contributed by atoms with Crippen molar-refractivity contribution >= 4 is 103 Å². The summed E-state index contributed by atoms with van der Waals surface area (Å²) in [4.78, 5) is 2.78. The SMILES string of the molecule is CC(C)(C)c1ccc(N2B3c4sc5ccc(C(C)(C)C)cc5c4-n4c5cc6c(cc5c5c7c(c(c3c54)-c3cc4c(cc32)sc2ccccc24)-c2ccccc2C7(C)C)C(C)(C)CCC6(C)C)cc1. The Morgan fingerprint density at radius 2 is 1.21 bits per heavy atom. The Kier molecular flexibility index (Phi) is 7.89. The van der Waals surface area contributed by atoms with Gasteiger partial charge in [0.05, 0.1) is 16.7 Å². The molecular formula is C63H59BN2S2. The van der Waals surface area contributed by atoms with Gasteiger partial charge in [-0.25, -0.2) is 0 Å². The molecule has 0 saturated carbocycles. The number of nitrogens with zero attached hydrogens (tertiary/aromatic N) is 2. The monoisotopic (exact) mass is 918 g/mol. The first-order valence-corrected chi connectivity index (χ1v) is 26.6. The van der Waals surface area contributed by atoms with Crippen molar-refractivity contribution in [3.05, 3.63) is 149 Å². The summed E-state index contributed by atoms with van der Waals surface area (Å²) in [6, 6.07) is 46.1. The molecule has 7 aromatic carbocycles. The average Bonchev–Trinajstić information content (AvgIpc) is 4.02. The van der Waals surface area contributed by atoms with Gasteiger partial charge in [0.1, 0.15) is 0 Å². The summed E-state index contributed by atoms with van der Waals surface area (Å²) in [6.45, 7) is 29.1. The fraction of sp³-hybridized carbons (Fsp3) is 0.302. The molecule has 0 N–H and O–H groups in total. The minimum absolute atomic E-state index is 0.00235. The van der Waals surface area contributed by atoms with Crippen LogP contribution in [0.1, 0.15) is 129 Å². The number of hydrogen-bond acceptors (Lipinski definition) is 3. The molecule has 0 radical (unpaired) electrons. The predicted molar refractivity (Wildman–Crippen MR) is 298 cm³/mol. The molecule has 0 spiro atoms. The lowest BCUT2D eigenvalue weighted by Crippen LogP contribution is -2.59. The van der Waals surface area contributed by atoms with Crippen molar-refractivity contribution in [1.29, 1.82) is 0 Å². The highest BCUT2D eigenvalue weighted by molar-refractivity contribution is 7.32. The fourth-order valence-electron chi connectivity index (χ4n) is 13.5. The first-order chi connectivity index (χ1) is 32.2. The second-order valence-corrected chi connectivity index (χ2v) is 26.9. The fourth-order valence-corrected chi connectivity index (χ4v) is 15.9. The van der Waals surface area contributed by atoms with Gasteiger partial charge in [-0.2, -0.15) is 0 Å². The lowest BCUT2D eigenvalue weighted by atomic mass is 9.46. The van der Waals surface area contributed by atoms with Crippen molar-refractivity contribution in [1.82, 2.24) is 4.57 Å². The first-order valence-electron chi connectivity index (χ1n) is 25.0. The van der Waals surface area contributed by atoms with E-state index in [1.165, 1.54) is 148 Å². The topological polar surface area (TPSA) is 8.17 Å². The first kappa shape index (κ1) is 41.4. The van der Waals surface area contributed by atoms with Gasteiger partial charge in [-0.15, -0.1) is 22.7 Å². The number of anilines is 2. The van der Waals surface area contributed by atoms with Crippen LogP contribution in [0.5, 0.6) is 0 Å². The highest BCUT2D eigenvalue weighted by Gasteiger charge is 2.51. The Morgan fingerprint density at radius 3 is 1.94 bits per heavy atom. The van der Waals surface area contributed by atoms with Crippen LogP contribution >= 0.6 is 22.7 Å². The number of aromatic nitrogens is 1. The minimum Gasteiger partial charge on any atom is -0.376 e. The maximum absolute atomic E-state index is 2.82. The molecule has 0 unspecified atom stereocenters. The summed E-state index contributed by atoms with van der Waals surface area (Å²) >= 11 is 3.96. The third-order valence-corrected chi connectivity index (χ3v) is 19.6. The quantitative estimate of drug-likeness (QED) is 0.149. The van der Waals surface area contributed by atoms with E-state index in [2.05, 4.69) is 208 Å². The molecule has 0 atom stereocenters. The van der Waals surface area contributed by atoms with Gasteiger partial charge in [0.2, 0.25) is 0 Å². The second kappa shape index (κ2) is 13.0. The molecule has 0 fully saturated rings. The van der Waals surface area contributed by atoms with E-state index in [9.17, 15) is 0 Å². The Balaban J connectivity index is 1.25. The van der Waals surface area contributed by atoms with Gasteiger partial charge in [0, 0.05) is 68.2 Å². The van der Waals surface area contributed by atoms with E-state index in [-0.39, 0.29) is 33.9 Å². The van der Waals surface area contributed by atoms with Gasteiger partial charge >= 0.3 is 6.85 Å². The molecule has 10 aromatic rings. The van der Waals surface area contributed by atoms with Gasteiger partial charge in [0.25, 0.3) is 0 Å². The van der Waals surface area contributed by atoms with Crippen molar-refractivity contribution in [2.45, 2.75) is 123 Å². The van der Waals surface area contributed by atoms with Crippen molar-refractivity contribution in [3.8, 4) is 27.9 Å². The summed E-state index contributed by atoms with van der Waals surface area (Å²) < 4.78 is 8.30. The Morgan fingerprint density at radius 1 is 0.544 bits per heavy atom. The molecular weight excluding hydrogens is 860 g/mol. The smallest absolute Gasteiger partial charge is 0.343 e. The van der Waals surface area contributed by atoms with E-state index >= 15 is 0 Å². The zero-order valence-electron chi connectivity index (χ0n) is 41.7. The molecule has 0 bridgehead atoms. The highest BCUT2D eigenvalue weighted by Crippen LogP contribution is 2.61. The lowest BCUT2D eigenvalue weighted by Gasteiger charge is -2.42. The number of benzene rings is 7. The van der Waals surface area contributed by atoms with Gasteiger partial charge in [0.15, 0.2) is 0 Å². The average molecular weight is 919 g/mol. The summed E-state index contributed by atoms with van der Waals surface area (Å²) in [7, 11) is 0. The van der Waals surface area contributed by atoms with Crippen molar-refractivity contribution < 1.29 is 0 Å². The lowest BCUT2D eigenvalue weighted by molar-refractivity contribution is 0.332. The number of hydrogen-bond donors (Lipinski definition) is 0. The van der Waals surface area contributed by atoms with Gasteiger partial charge in [-0.1, -0.05) is 144 Å². The molecule has 2 nitrogen and oxygen atoms in total. The zero-order valence-corrected chi connectivity index (χ0v) is 43.3. The molecule has 14 rings (SSSR count). The number of thiophene rings is 2. The van der Waals surface area contributed by atoms with Crippen LogP contribution < -0.4 is 15.1 Å². The van der Waals surface area contributed by atoms with Crippen LogP contribution in [0.15, 0.2) is 115 Å². The Labute approximate surface area is 409 Å². The third kappa shape index (κ3) is 5.20. The molecule has 3 aromatic heterocycles. The van der Waals surface area contributed by atoms with Gasteiger partial charge < -0.3 is 9.38 Å². The van der Waals surface area contributed by atoms with Crippen LogP contribution in [0.4, 0.5) is 11.4 Å². The van der Waals surface area contributed by atoms with E-state index in [1.54, 1.807) is 0 Å².